The van der Waals surface area contributed by atoms with E-state index < -0.39 is 18.3 Å². The average Bonchev–Trinajstić information content (AvgIpc) is 1.57. The number of esters is 3. The van der Waals surface area contributed by atoms with Crippen molar-refractivity contribution in [2.24, 2.45) is 0 Å². The van der Waals surface area contributed by atoms with Crippen LogP contribution in [0.4, 0.5) is 0 Å². The summed E-state index contributed by atoms with van der Waals surface area (Å²) in [6.45, 7) is 35.2. The van der Waals surface area contributed by atoms with Gasteiger partial charge in [-0.2, -0.15) is 0 Å². The van der Waals surface area contributed by atoms with E-state index in [-0.39, 0.29) is 29.4 Å². The maximum Gasteiger partial charge on any atom is 0.306 e. The minimum absolute atomic E-state index is 0.213. The van der Waals surface area contributed by atoms with Crippen LogP contribution in [0, 0.1) is 0 Å². The largest absolute Gasteiger partial charge is 0.494 e. The Kier molecular flexibility index (Phi) is 27.7. The normalized spacial score (nSPS) is 11.9. The van der Waals surface area contributed by atoms with E-state index in [2.05, 4.69) is 168 Å². The molecule has 0 bridgehead atoms. The summed E-state index contributed by atoms with van der Waals surface area (Å²) in [6, 6.07) is 48.0. The van der Waals surface area contributed by atoms with Crippen molar-refractivity contribution >= 4 is 17.9 Å². The third kappa shape index (κ3) is 20.4. The summed E-state index contributed by atoms with van der Waals surface area (Å²) < 4.78 is 34.4. The molecular weight excluding hydrogens is 1130 g/mol. The van der Waals surface area contributed by atoms with Crippen LogP contribution in [0.3, 0.4) is 0 Å². The molecule has 7 rings (SSSR count). The van der Waals surface area contributed by atoms with Crippen molar-refractivity contribution in [1.29, 1.82) is 0 Å². The van der Waals surface area contributed by atoms with Gasteiger partial charge < -0.3 is 28.4 Å². The molecule has 0 aliphatic heterocycles. The summed E-state index contributed by atoms with van der Waals surface area (Å²) >= 11 is 0. The fourth-order valence-electron chi connectivity index (χ4n) is 11.6. The fraction of sp³-hybridized carbons (Fsp3) is 0.305. The lowest BCUT2D eigenvalue weighted by Gasteiger charge is -2.33. The Hall–Kier alpha value is -9.21. The van der Waals surface area contributed by atoms with Crippen LogP contribution in [0.15, 0.2) is 247 Å². The van der Waals surface area contributed by atoms with Crippen LogP contribution in [-0.4, -0.2) is 55.5 Å². The van der Waals surface area contributed by atoms with Crippen molar-refractivity contribution in [3.05, 3.63) is 258 Å². The van der Waals surface area contributed by atoms with Crippen molar-refractivity contribution in [2.45, 2.75) is 145 Å². The number of benzene rings is 6. The van der Waals surface area contributed by atoms with E-state index >= 15 is 0 Å². The monoisotopic (exact) mass is 1220 g/mol. The molecule has 0 saturated heterocycles. The fourth-order valence-corrected chi connectivity index (χ4v) is 11.6. The highest BCUT2D eigenvalue weighted by Crippen LogP contribution is 2.56. The average molecular weight is 1220 g/mol. The molecule has 9 nitrogen and oxygen atoms in total. The first-order chi connectivity index (χ1) is 44.4. The summed E-state index contributed by atoms with van der Waals surface area (Å²) in [4.78, 5) is 38.0. The lowest BCUT2D eigenvalue weighted by atomic mass is 9.70. The highest BCUT2D eigenvalue weighted by molar-refractivity contribution is 5.87. The van der Waals surface area contributed by atoms with Crippen LogP contribution < -0.4 is 9.47 Å². The van der Waals surface area contributed by atoms with Gasteiger partial charge in [-0.15, -0.1) is 0 Å². The minimum Gasteiger partial charge on any atom is -0.494 e. The Morgan fingerprint density at radius 3 is 0.934 bits per heavy atom. The third-order valence-corrected chi connectivity index (χ3v) is 16.8. The summed E-state index contributed by atoms with van der Waals surface area (Å²) in [5.41, 5.74) is 13.6. The molecule has 1 aliphatic rings. The number of carbonyl (C=O) groups excluding carboxylic acids is 3. The molecule has 0 saturated carbocycles. The van der Waals surface area contributed by atoms with Crippen molar-refractivity contribution in [2.75, 3.05) is 13.2 Å². The number of allylic oxidation sites excluding steroid dienone is 1. The quantitative estimate of drug-likeness (QED) is 0.0122. The van der Waals surface area contributed by atoms with Gasteiger partial charge in [-0.05, 0) is 216 Å². The number of unbranched alkanes of at least 4 members (excludes halogenated alkanes) is 8. The zero-order valence-corrected chi connectivity index (χ0v) is 53.3. The molecule has 0 radical (unpaired) electrons. The second kappa shape index (κ2) is 36.4. The first-order valence-corrected chi connectivity index (χ1v) is 32.3. The molecule has 474 valence electrons. The van der Waals surface area contributed by atoms with Crippen LogP contribution >= 0.6 is 0 Å². The van der Waals surface area contributed by atoms with E-state index in [9.17, 15) is 14.4 Å². The Bertz CT molecular complexity index is 3160. The molecule has 0 amide bonds. The second-order valence-electron chi connectivity index (χ2n) is 23.1. The van der Waals surface area contributed by atoms with Gasteiger partial charge >= 0.3 is 17.9 Å². The van der Waals surface area contributed by atoms with Crippen molar-refractivity contribution < 1.29 is 42.8 Å². The molecular formula is C82H92O9. The van der Waals surface area contributed by atoms with E-state index in [4.69, 9.17) is 28.4 Å². The Balaban J connectivity index is 1.10. The lowest BCUT2D eigenvalue weighted by molar-refractivity contribution is -0.146. The van der Waals surface area contributed by atoms with Gasteiger partial charge in [-0.1, -0.05) is 182 Å². The number of fused-ring (bicyclic) bond motifs is 3. The van der Waals surface area contributed by atoms with Crippen molar-refractivity contribution in [1.82, 2.24) is 0 Å². The number of rotatable bonds is 43. The predicted molar refractivity (Wildman–Crippen MR) is 374 cm³/mol. The van der Waals surface area contributed by atoms with Crippen molar-refractivity contribution in [3.63, 3.8) is 0 Å². The van der Waals surface area contributed by atoms with E-state index in [1.165, 1.54) is 22.3 Å². The number of carbonyl (C=O) groups is 3. The highest BCUT2D eigenvalue weighted by atomic mass is 16.6. The molecule has 0 fully saturated rings. The van der Waals surface area contributed by atoms with Gasteiger partial charge in [0.15, 0.2) is 0 Å². The minimum atomic E-state index is -0.516. The number of hydrogen-bond acceptors (Lipinski definition) is 9. The molecule has 0 aromatic heterocycles. The molecule has 0 N–H and O–H groups in total. The molecule has 6 aromatic rings. The topological polar surface area (TPSA) is 107 Å². The summed E-state index contributed by atoms with van der Waals surface area (Å²) in [7, 11) is 0. The van der Waals surface area contributed by atoms with E-state index in [1.54, 1.807) is 48.6 Å². The molecule has 6 aromatic carbocycles. The zero-order chi connectivity index (χ0) is 64.8. The first kappa shape index (κ1) is 69.3. The third-order valence-electron chi connectivity index (χ3n) is 16.8. The number of hydrogen-bond donors (Lipinski definition) is 0. The van der Waals surface area contributed by atoms with Crippen LogP contribution in [-0.2, 0) is 38.7 Å². The van der Waals surface area contributed by atoms with Gasteiger partial charge in [0, 0.05) is 31.1 Å². The second-order valence-corrected chi connectivity index (χ2v) is 23.1. The van der Waals surface area contributed by atoms with Crippen LogP contribution in [0.5, 0.6) is 11.5 Å². The van der Waals surface area contributed by atoms with Crippen LogP contribution in [0.25, 0.3) is 55.6 Å². The van der Waals surface area contributed by atoms with Crippen LogP contribution in [0.1, 0.15) is 127 Å². The molecule has 0 heterocycles. The Labute approximate surface area is 541 Å². The predicted octanol–water partition coefficient (Wildman–Crippen LogP) is 20.5. The standard InChI is InChI=1S/C82H92O9/c1-10-69(11-2)88-60(9)30-22-20-28-56-86-73-48-42-63(43-49-73)61-34-38-65(39-35-61)67-46-52-75-76-53-47-68(66-40-36-62(37-41-66)64-44-50-74(51-45-64)87-57-29-21-25-33-81(85)91-72(16-7)17-8)59-78(76)82(77(75)58-67,54-26-18-23-31-79(83)89-70(12-3)13-4)55-27-19-24-32-80(84)90-71(14-5)15-6/h10-17,34-53,58-59,69-72H,1-9,18-33,54-57H2. The van der Waals surface area contributed by atoms with Gasteiger partial charge in [0.05, 0.1) is 19.0 Å². The Morgan fingerprint density at radius 1 is 0.330 bits per heavy atom. The maximum absolute atomic E-state index is 12.9. The SMILES string of the molecule is C=CC(C=C)OC(=C)CCCCCOc1ccc(-c2ccc(-c3ccc4c(c3)C(CCCCCC(=O)OC(C=C)C=C)(CCCCCC(=O)OC(C=C)C=C)c3cc(-c5ccc(-c6ccc(OCCCCCC(=O)OC(C=C)C=C)cc6)cc5)ccc3-4)cc2)cc1. The van der Waals surface area contributed by atoms with Gasteiger partial charge in [0.1, 0.15) is 35.9 Å². The van der Waals surface area contributed by atoms with Gasteiger partial charge in [0.2, 0.25) is 0 Å². The zero-order valence-electron chi connectivity index (χ0n) is 53.3. The highest BCUT2D eigenvalue weighted by Gasteiger charge is 2.43. The lowest BCUT2D eigenvalue weighted by Crippen LogP contribution is -2.26. The number of ether oxygens (including phenoxy) is 6. The van der Waals surface area contributed by atoms with Gasteiger partial charge in [-0.3, -0.25) is 14.4 Å². The maximum atomic E-state index is 12.9. The van der Waals surface area contributed by atoms with Crippen LogP contribution in [0.2, 0.25) is 0 Å². The van der Waals surface area contributed by atoms with Gasteiger partial charge in [0.25, 0.3) is 0 Å². The molecule has 0 spiro atoms. The summed E-state index contributed by atoms with van der Waals surface area (Å²) in [5.74, 6) is 1.61. The smallest absolute Gasteiger partial charge is 0.306 e. The first-order valence-electron chi connectivity index (χ1n) is 32.3. The van der Waals surface area contributed by atoms with Crippen molar-refractivity contribution in [3.8, 4) is 67.1 Å². The molecule has 1 aliphatic carbocycles. The Morgan fingerprint density at radius 2 is 0.604 bits per heavy atom. The molecule has 9 heteroatoms. The molecule has 91 heavy (non-hydrogen) atoms. The van der Waals surface area contributed by atoms with E-state index in [0.29, 0.717) is 45.3 Å². The van der Waals surface area contributed by atoms with E-state index in [0.717, 1.165) is 145 Å². The van der Waals surface area contributed by atoms with E-state index in [1.807, 2.05) is 24.3 Å². The summed E-state index contributed by atoms with van der Waals surface area (Å²) in [5, 5.41) is 0. The summed E-state index contributed by atoms with van der Waals surface area (Å²) in [6.07, 6.45) is 24.7. The van der Waals surface area contributed by atoms with Gasteiger partial charge in [-0.25, -0.2) is 0 Å². The molecule has 0 atom stereocenters. The molecule has 0 unspecified atom stereocenters.